The molecule has 78 valence electrons. The van der Waals surface area contributed by atoms with Gasteiger partial charge in [-0.25, -0.2) is 0 Å². The molecule has 0 bridgehead atoms. The highest BCUT2D eigenvalue weighted by molar-refractivity contribution is 5.25. The van der Waals surface area contributed by atoms with Crippen molar-refractivity contribution in [3.63, 3.8) is 0 Å². The summed E-state index contributed by atoms with van der Waals surface area (Å²) >= 11 is 0. The number of likely N-dealkylation sites (N-methyl/N-ethyl adjacent to an activating group) is 1. The standard InChI is InChI=1S/C12H20N2/c1-4-12(13-2)14(3)11-9-7-5-6-8-10-11/h5-7,9-10,12-13H,4,8H2,1-3H3. The van der Waals surface area contributed by atoms with E-state index in [9.17, 15) is 0 Å². The Balaban J connectivity index is 2.67. The predicted octanol–water partition coefficient (Wildman–Crippen LogP) is 2.27. The molecule has 0 amide bonds. The van der Waals surface area contributed by atoms with Crippen LogP contribution in [0.1, 0.15) is 19.8 Å². The van der Waals surface area contributed by atoms with Crippen LogP contribution in [0.15, 0.2) is 36.1 Å². The Hall–Kier alpha value is -1.02. The lowest BCUT2D eigenvalue weighted by molar-refractivity contribution is 0.267. The molecule has 0 aromatic carbocycles. The lowest BCUT2D eigenvalue weighted by Gasteiger charge is -2.29. The van der Waals surface area contributed by atoms with Gasteiger partial charge < -0.3 is 10.2 Å². The van der Waals surface area contributed by atoms with Gasteiger partial charge in [-0.3, -0.25) is 0 Å². The summed E-state index contributed by atoms with van der Waals surface area (Å²) in [5.41, 5.74) is 1.29. The smallest absolute Gasteiger partial charge is 0.0787 e. The van der Waals surface area contributed by atoms with Crippen molar-refractivity contribution >= 4 is 0 Å². The van der Waals surface area contributed by atoms with E-state index in [2.05, 4.69) is 54.6 Å². The van der Waals surface area contributed by atoms with E-state index in [0.29, 0.717) is 6.17 Å². The van der Waals surface area contributed by atoms with Crippen LogP contribution in [-0.2, 0) is 0 Å². The van der Waals surface area contributed by atoms with Crippen LogP contribution in [0, 0.1) is 0 Å². The third-order valence-corrected chi connectivity index (χ3v) is 2.57. The van der Waals surface area contributed by atoms with Crippen molar-refractivity contribution in [1.82, 2.24) is 10.2 Å². The summed E-state index contributed by atoms with van der Waals surface area (Å²) in [5.74, 6) is 0. The fourth-order valence-electron chi connectivity index (χ4n) is 1.68. The van der Waals surface area contributed by atoms with Gasteiger partial charge in [0.1, 0.15) is 0 Å². The summed E-state index contributed by atoms with van der Waals surface area (Å²) in [6, 6.07) is 0. The van der Waals surface area contributed by atoms with Gasteiger partial charge in [0.2, 0.25) is 0 Å². The fraction of sp³-hybridized carbons (Fsp3) is 0.500. The minimum absolute atomic E-state index is 0.420. The van der Waals surface area contributed by atoms with E-state index in [1.807, 2.05) is 7.05 Å². The fourth-order valence-corrected chi connectivity index (χ4v) is 1.68. The topological polar surface area (TPSA) is 15.3 Å². The molecule has 1 N–H and O–H groups in total. The zero-order valence-corrected chi connectivity index (χ0v) is 9.33. The third-order valence-electron chi connectivity index (χ3n) is 2.57. The van der Waals surface area contributed by atoms with E-state index >= 15 is 0 Å². The summed E-state index contributed by atoms with van der Waals surface area (Å²) in [6.07, 6.45) is 13.3. The SMILES string of the molecule is CCC(NC)N(C)C1=CCC=CC=C1. The minimum atomic E-state index is 0.420. The van der Waals surface area contributed by atoms with E-state index in [0.717, 1.165) is 12.8 Å². The second kappa shape index (κ2) is 5.66. The van der Waals surface area contributed by atoms with Crippen molar-refractivity contribution in [2.24, 2.45) is 0 Å². The zero-order valence-electron chi connectivity index (χ0n) is 9.33. The summed E-state index contributed by atoms with van der Waals surface area (Å²) in [5, 5.41) is 3.30. The number of nitrogens with zero attached hydrogens (tertiary/aromatic N) is 1. The Morgan fingerprint density at radius 1 is 1.50 bits per heavy atom. The summed E-state index contributed by atoms with van der Waals surface area (Å²) in [4.78, 5) is 2.28. The lowest BCUT2D eigenvalue weighted by atomic mass is 10.2. The first-order chi connectivity index (χ1) is 6.79. The van der Waals surface area contributed by atoms with Crippen LogP contribution in [0.2, 0.25) is 0 Å². The van der Waals surface area contributed by atoms with Crippen molar-refractivity contribution in [3.8, 4) is 0 Å². The molecule has 14 heavy (non-hydrogen) atoms. The normalized spacial score (nSPS) is 17.5. The highest BCUT2D eigenvalue weighted by Crippen LogP contribution is 2.12. The number of hydrogen-bond acceptors (Lipinski definition) is 2. The Labute approximate surface area is 87.0 Å². The van der Waals surface area contributed by atoms with Crippen molar-refractivity contribution in [3.05, 3.63) is 36.1 Å². The highest BCUT2D eigenvalue weighted by Gasteiger charge is 2.10. The van der Waals surface area contributed by atoms with E-state index in [-0.39, 0.29) is 0 Å². The molecule has 0 saturated carbocycles. The molecule has 0 aromatic heterocycles. The Morgan fingerprint density at radius 3 is 2.93 bits per heavy atom. The largest absolute Gasteiger partial charge is 0.359 e. The van der Waals surface area contributed by atoms with Gasteiger partial charge in [0.15, 0.2) is 0 Å². The minimum Gasteiger partial charge on any atom is -0.359 e. The second-order valence-corrected chi connectivity index (χ2v) is 3.48. The van der Waals surface area contributed by atoms with E-state index < -0.39 is 0 Å². The maximum absolute atomic E-state index is 3.30. The maximum atomic E-state index is 3.30. The lowest BCUT2D eigenvalue weighted by Crippen LogP contribution is -2.40. The maximum Gasteiger partial charge on any atom is 0.0787 e. The van der Waals surface area contributed by atoms with Crippen molar-refractivity contribution in [1.29, 1.82) is 0 Å². The first-order valence-electron chi connectivity index (χ1n) is 5.23. The number of nitrogens with one attached hydrogen (secondary N) is 1. The molecule has 1 atom stereocenters. The van der Waals surface area contributed by atoms with Gasteiger partial charge >= 0.3 is 0 Å². The molecule has 1 rings (SSSR count). The van der Waals surface area contributed by atoms with E-state index in [4.69, 9.17) is 0 Å². The molecular weight excluding hydrogens is 172 g/mol. The van der Waals surface area contributed by atoms with Crippen LogP contribution in [0.3, 0.4) is 0 Å². The van der Waals surface area contributed by atoms with Gasteiger partial charge in [-0.15, -0.1) is 0 Å². The van der Waals surface area contributed by atoms with Crippen molar-refractivity contribution in [2.75, 3.05) is 14.1 Å². The summed E-state index contributed by atoms with van der Waals surface area (Å²) < 4.78 is 0. The predicted molar refractivity (Wildman–Crippen MR) is 61.9 cm³/mol. The summed E-state index contributed by atoms with van der Waals surface area (Å²) in [6.45, 7) is 2.19. The number of rotatable bonds is 4. The van der Waals surface area contributed by atoms with Crippen LogP contribution < -0.4 is 5.32 Å². The molecule has 0 spiro atoms. The number of allylic oxidation sites excluding steroid dienone is 5. The highest BCUT2D eigenvalue weighted by atomic mass is 15.2. The third kappa shape index (κ3) is 2.74. The van der Waals surface area contributed by atoms with Crippen LogP contribution in [0.4, 0.5) is 0 Å². The molecular formula is C12H20N2. The summed E-state index contributed by atoms with van der Waals surface area (Å²) in [7, 11) is 4.13. The average Bonchev–Trinajstić information content (AvgIpc) is 2.47. The molecule has 0 aromatic rings. The monoisotopic (exact) mass is 192 g/mol. The molecule has 0 saturated heterocycles. The van der Waals surface area contributed by atoms with Gasteiger partial charge in [-0.2, -0.15) is 0 Å². The Kier molecular flexibility index (Phi) is 4.47. The molecule has 1 aliphatic rings. The molecule has 1 aliphatic carbocycles. The zero-order chi connectivity index (χ0) is 10.4. The number of hydrogen-bond donors (Lipinski definition) is 1. The van der Waals surface area contributed by atoms with Gasteiger partial charge in [0.05, 0.1) is 6.17 Å². The Bertz CT molecular complexity index is 247. The van der Waals surface area contributed by atoms with Crippen LogP contribution >= 0.6 is 0 Å². The van der Waals surface area contributed by atoms with E-state index in [1.165, 1.54) is 5.70 Å². The van der Waals surface area contributed by atoms with Crippen LogP contribution in [0.5, 0.6) is 0 Å². The molecule has 0 heterocycles. The average molecular weight is 192 g/mol. The quantitative estimate of drug-likeness (QED) is 0.687. The first-order valence-corrected chi connectivity index (χ1v) is 5.23. The van der Waals surface area contributed by atoms with Crippen molar-refractivity contribution in [2.45, 2.75) is 25.9 Å². The molecule has 1 unspecified atom stereocenters. The first kappa shape index (κ1) is 11.1. The van der Waals surface area contributed by atoms with Gasteiger partial charge in [0, 0.05) is 12.7 Å². The molecule has 2 heteroatoms. The second-order valence-electron chi connectivity index (χ2n) is 3.48. The van der Waals surface area contributed by atoms with Crippen LogP contribution in [0.25, 0.3) is 0 Å². The van der Waals surface area contributed by atoms with Gasteiger partial charge in [0.25, 0.3) is 0 Å². The van der Waals surface area contributed by atoms with Crippen molar-refractivity contribution < 1.29 is 0 Å². The van der Waals surface area contributed by atoms with Gasteiger partial charge in [-0.1, -0.05) is 31.2 Å². The molecule has 0 fully saturated rings. The van der Waals surface area contributed by atoms with Crippen LogP contribution in [-0.4, -0.2) is 25.2 Å². The molecule has 0 aliphatic heterocycles. The Morgan fingerprint density at radius 2 is 2.29 bits per heavy atom. The molecule has 0 radical (unpaired) electrons. The van der Waals surface area contributed by atoms with E-state index in [1.54, 1.807) is 0 Å². The molecule has 2 nitrogen and oxygen atoms in total. The van der Waals surface area contributed by atoms with Gasteiger partial charge in [-0.05, 0) is 26.0 Å².